The molecule has 0 spiro atoms. The minimum Gasteiger partial charge on any atom is -0.495 e. The molecular weight excluding hydrogens is 216 g/mol. The van der Waals surface area contributed by atoms with Crippen LogP contribution < -0.4 is 4.74 Å². The van der Waals surface area contributed by atoms with Crippen molar-refractivity contribution in [1.29, 1.82) is 0 Å². The number of aliphatic hydroxyl groups excluding tert-OH is 1. The molecule has 1 heterocycles. The zero-order chi connectivity index (χ0) is 10.1. The van der Waals surface area contributed by atoms with Gasteiger partial charge in [-0.15, -0.1) is 24.0 Å². The van der Waals surface area contributed by atoms with Gasteiger partial charge in [0.05, 0.1) is 22.6 Å². The Morgan fingerprint density at radius 3 is 2.93 bits per heavy atom. The summed E-state index contributed by atoms with van der Waals surface area (Å²) in [7, 11) is 1.64. The lowest BCUT2D eigenvalue weighted by molar-refractivity contribution is 0.283. The largest absolute Gasteiger partial charge is 0.495 e. The van der Waals surface area contributed by atoms with Crippen LogP contribution in [0.2, 0.25) is 0 Å². The summed E-state index contributed by atoms with van der Waals surface area (Å²) < 4.78 is 7.21. The fourth-order valence-electron chi connectivity index (χ4n) is 1.44. The Morgan fingerprint density at radius 2 is 2.29 bits per heavy atom. The highest BCUT2D eigenvalue weighted by Gasteiger charge is 2.08. The highest BCUT2D eigenvalue weighted by molar-refractivity contribution is 7.83. The van der Waals surface area contributed by atoms with Gasteiger partial charge in [0.2, 0.25) is 0 Å². The summed E-state index contributed by atoms with van der Waals surface area (Å²) in [4.78, 5) is 0. The van der Waals surface area contributed by atoms with E-state index in [4.69, 9.17) is 9.84 Å². The first-order valence-electron chi connectivity index (χ1n) is 4.15. The normalized spacial score (nSPS) is 10.8. The van der Waals surface area contributed by atoms with E-state index in [0.717, 1.165) is 25.6 Å². The van der Waals surface area contributed by atoms with Gasteiger partial charge in [-0.2, -0.15) is 0 Å². The topological polar surface area (TPSA) is 29.5 Å². The van der Waals surface area contributed by atoms with E-state index in [0.29, 0.717) is 0 Å². The molecule has 0 amide bonds. The molecule has 0 saturated carbocycles. The van der Waals surface area contributed by atoms with E-state index >= 15 is 0 Å². The Kier molecular flexibility index (Phi) is 2.67. The summed E-state index contributed by atoms with van der Waals surface area (Å²) >= 11 is 5.86. The zero-order valence-electron chi connectivity index (χ0n) is 7.65. The standard InChI is InChI=1S/C10H10O2S2/c1-12-8-3-2-6(5-11)7-4-9(13)14-10(7)8/h2-4,11,13H,5H2,1H3. The number of rotatable bonds is 2. The van der Waals surface area contributed by atoms with Crippen molar-refractivity contribution in [3.8, 4) is 5.75 Å². The molecule has 4 heteroatoms. The number of hydrogen-bond donors (Lipinski definition) is 2. The smallest absolute Gasteiger partial charge is 0.136 e. The Bertz CT molecular complexity index is 421. The molecule has 2 aromatic rings. The van der Waals surface area contributed by atoms with Crippen LogP contribution in [0.4, 0.5) is 0 Å². The Balaban J connectivity index is 2.77. The van der Waals surface area contributed by atoms with Crippen LogP contribution in [0.1, 0.15) is 5.56 Å². The molecule has 0 unspecified atom stereocenters. The van der Waals surface area contributed by atoms with Crippen molar-refractivity contribution in [1.82, 2.24) is 0 Å². The van der Waals surface area contributed by atoms with E-state index in [1.165, 1.54) is 0 Å². The molecule has 0 aliphatic rings. The van der Waals surface area contributed by atoms with Gasteiger partial charge >= 0.3 is 0 Å². The molecule has 2 rings (SSSR count). The number of ether oxygens (including phenoxy) is 1. The lowest BCUT2D eigenvalue weighted by Gasteiger charge is -2.03. The highest BCUT2D eigenvalue weighted by atomic mass is 32.2. The molecule has 14 heavy (non-hydrogen) atoms. The Morgan fingerprint density at radius 1 is 1.50 bits per heavy atom. The number of aliphatic hydroxyl groups is 1. The minimum atomic E-state index is 0.0461. The molecule has 1 aromatic heterocycles. The van der Waals surface area contributed by atoms with Gasteiger partial charge in [0.1, 0.15) is 5.75 Å². The average Bonchev–Trinajstić information content (AvgIpc) is 2.57. The van der Waals surface area contributed by atoms with E-state index in [1.807, 2.05) is 18.2 Å². The summed E-state index contributed by atoms with van der Waals surface area (Å²) in [6, 6.07) is 5.70. The maximum Gasteiger partial charge on any atom is 0.136 e. The summed E-state index contributed by atoms with van der Waals surface area (Å²) in [5, 5.41) is 10.2. The lowest BCUT2D eigenvalue weighted by atomic mass is 10.1. The fourth-order valence-corrected chi connectivity index (χ4v) is 2.78. The number of thiophene rings is 1. The quantitative estimate of drug-likeness (QED) is 0.771. The molecule has 2 nitrogen and oxygen atoms in total. The van der Waals surface area contributed by atoms with Gasteiger partial charge in [0.25, 0.3) is 0 Å². The SMILES string of the molecule is COc1ccc(CO)c2cc(S)sc12. The average molecular weight is 226 g/mol. The van der Waals surface area contributed by atoms with Gasteiger partial charge in [0, 0.05) is 5.39 Å². The molecule has 0 aliphatic heterocycles. The Labute approximate surface area is 91.5 Å². The first kappa shape index (κ1) is 9.83. The molecule has 74 valence electrons. The molecule has 0 saturated heterocycles. The first-order valence-corrected chi connectivity index (χ1v) is 5.42. The maximum absolute atomic E-state index is 9.15. The monoisotopic (exact) mass is 226 g/mol. The summed E-state index contributed by atoms with van der Waals surface area (Å²) in [5.74, 6) is 0.836. The van der Waals surface area contributed by atoms with Crippen LogP contribution in [0, 0.1) is 0 Å². The van der Waals surface area contributed by atoms with Crippen LogP contribution in [0.5, 0.6) is 5.75 Å². The van der Waals surface area contributed by atoms with Crippen LogP contribution in [-0.4, -0.2) is 12.2 Å². The number of thiol groups is 1. The van der Waals surface area contributed by atoms with Crippen LogP contribution in [0.3, 0.4) is 0 Å². The van der Waals surface area contributed by atoms with Gasteiger partial charge in [-0.25, -0.2) is 0 Å². The van der Waals surface area contributed by atoms with Crippen molar-refractivity contribution >= 4 is 34.1 Å². The van der Waals surface area contributed by atoms with Crippen LogP contribution in [0.25, 0.3) is 10.1 Å². The van der Waals surface area contributed by atoms with Crippen molar-refractivity contribution in [3.05, 3.63) is 23.8 Å². The molecule has 0 atom stereocenters. The van der Waals surface area contributed by atoms with E-state index in [9.17, 15) is 0 Å². The molecule has 1 N–H and O–H groups in total. The fraction of sp³-hybridized carbons (Fsp3) is 0.200. The van der Waals surface area contributed by atoms with Crippen LogP contribution in [0.15, 0.2) is 22.4 Å². The molecule has 0 fully saturated rings. The predicted molar refractivity (Wildman–Crippen MR) is 61.6 cm³/mol. The van der Waals surface area contributed by atoms with E-state index in [1.54, 1.807) is 18.4 Å². The number of methoxy groups -OCH3 is 1. The third-order valence-electron chi connectivity index (χ3n) is 2.11. The highest BCUT2D eigenvalue weighted by Crippen LogP contribution is 2.37. The first-order chi connectivity index (χ1) is 6.76. The molecule has 0 bridgehead atoms. The second-order valence-electron chi connectivity index (χ2n) is 2.91. The maximum atomic E-state index is 9.15. The second kappa shape index (κ2) is 3.81. The third kappa shape index (κ3) is 1.49. The lowest BCUT2D eigenvalue weighted by Crippen LogP contribution is -1.87. The Hall–Kier alpha value is -0.710. The second-order valence-corrected chi connectivity index (χ2v) is 4.75. The van der Waals surface area contributed by atoms with Gasteiger partial charge < -0.3 is 9.84 Å². The van der Waals surface area contributed by atoms with Crippen molar-refractivity contribution in [3.63, 3.8) is 0 Å². The molecular formula is C10H10O2S2. The van der Waals surface area contributed by atoms with E-state index in [-0.39, 0.29) is 6.61 Å². The molecule has 1 aromatic carbocycles. The number of fused-ring (bicyclic) bond motifs is 1. The van der Waals surface area contributed by atoms with Crippen molar-refractivity contribution in [2.24, 2.45) is 0 Å². The van der Waals surface area contributed by atoms with E-state index in [2.05, 4.69) is 12.6 Å². The van der Waals surface area contributed by atoms with Crippen molar-refractivity contribution in [2.45, 2.75) is 10.8 Å². The summed E-state index contributed by atoms with van der Waals surface area (Å²) in [6.07, 6.45) is 0. The number of benzene rings is 1. The number of hydrogen-bond acceptors (Lipinski definition) is 4. The predicted octanol–water partition coefficient (Wildman–Crippen LogP) is 2.69. The van der Waals surface area contributed by atoms with Gasteiger partial charge in [-0.1, -0.05) is 6.07 Å². The van der Waals surface area contributed by atoms with Gasteiger partial charge in [-0.05, 0) is 17.7 Å². The van der Waals surface area contributed by atoms with Crippen LogP contribution >= 0.6 is 24.0 Å². The zero-order valence-corrected chi connectivity index (χ0v) is 9.36. The summed E-state index contributed by atoms with van der Waals surface area (Å²) in [5.41, 5.74) is 0.914. The van der Waals surface area contributed by atoms with Gasteiger partial charge in [0.15, 0.2) is 0 Å². The molecule has 0 radical (unpaired) electrons. The van der Waals surface area contributed by atoms with Crippen LogP contribution in [-0.2, 0) is 6.61 Å². The summed E-state index contributed by atoms with van der Waals surface area (Å²) in [6.45, 7) is 0.0461. The van der Waals surface area contributed by atoms with Gasteiger partial charge in [-0.3, -0.25) is 0 Å². The molecule has 0 aliphatic carbocycles. The minimum absolute atomic E-state index is 0.0461. The van der Waals surface area contributed by atoms with Crippen molar-refractivity contribution in [2.75, 3.05) is 7.11 Å². The third-order valence-corrected chi connectivity index (χ3v) is 3.47. The van der Waals surface area contributed by atoms with Crippen molar-refractivity contribution < 1.29 is 9.84 Å². The van der Waals surface area contributed by atoms with E-state index < -0.39 is 0 Å².